The van der Waals surface area contributed by atoms with E-state index in [0.29, 0.717) is 19.4 Å². The molecule has 1 aliphatic carbocycles. The average Bonchev–Trinajstić information content (AvgIpc) is 2.97. The molecule has 0 aromatic heterocycles. The Hall–Kier alpha value is -1.11. The second kappa shape index (κ2) is 6.79. The summed E-state index contributed by atoms with van der Waals surface area (Å²) in [6.45, 7) is 4.37. The average molecular weight is 344 g/mol. The van der Waals surface area contributed by atoms with Gasteiger partial charge in [0, 0.05) is 18.8 Å². The predicted octanol–water partition coefficient (Wildman–Crippen LogP) is 1.25. The van der Waals surface area contributed by atoms with Crippen LogP contribution < -0.4 is 5.32 Å². The van der Waals surface area contributed by atoms with Crippen LogP contribution in [0.4, 0.5) is 0 Å². The Morgan fingerprint density at radius 1 is 1.17 bits per heavy atom. The highest BCUT2D eigenvalue weighted by molar-refractivity contribution is 7.92. The predicted molar refractivity (Wildman–Crippen MR) is 88.7 cm³/mol. The molecule has 23 heavy (non-hydrogen) atoms. The van der Waals surface area contributed by atoms with E-state index < -0.39 is 26.5 Å². The van der Waals surface area contributed by atoms with Crippen molar-refractivity contribution in [2.45, 2.75) is 75.6 Å². The second-order valence-electron chi connectivity index (χ2n) is 7.05. The molecule has 132 valence electrons. The summed E-state index contributed by atoms with van der Waals surface area (Å²) >= 11 is 0. The first-order chi connectivity index (χ1) is 10.7. The lowest BCUT2D eigenvalue weighted by Gasteiger charge is -2.36. The molecule has 0 aromatic carbocycles. The van der Waals surface area contributed by atoms with Gasteiger partial charge in [0.2, 0.25) is 11.8 Å². The van der Waals surface area contributed by atoms with Gasteiger partial charge in [-0.1, -0.05) is 12.8 Å². The Morgan fingerprint density at radius 3 is 2.30 bits per heavy atom. The molecule has 6 nitrogen and oxygen atoms in total. The van der Waals surface area contributed by atoms with E-state index in [1.165, 1.54) is 0 Å². The van der Waals surface area contributed by atoms with Gasteiger partial charge in [-0.3, -0.25) is 9.59 Å². The van der Waals surface area contributed by atoms with E-state index in [-0.39, 0.29) is 11.9 Å². The van der Waals surface area contributed by atoms with Crippen molar-refractivity contribution in [1.29, 1.82) is 0 Å². The monoisotopic (exact) mass is 344 g/mol. The number of hydrogen-bond acceptors (Lipinski definition) is 4. The molecule has 7 heteroatoms. The summed E-state index contributed by atoms with van der Waals surface area (Å²) in [6.07, 6.45) is 6.33. The van der Waals surface area contributed by atoms with Crippen LogP contribution in [0.3, 0.4) is 0 Å². The molecule has 2 atom stereocenters. The van der Waals surface area contributed by atoms with Gasteiger partial charge in [-0.2, -0.15) is 0 Å². The minimum Gasteiger partial charge on any atom is -0.343 e. The van der Waals surface area contributed by atoms with Crippen molar-refractivity contribution in [3.63, 3.8) is 0 Å². The quantitative estimate of drug-likeness (QED) is 0.832. The second-order valence-corrected chi connectivity index (χ2v) is 9.37. The fourth-order valence-corrected chi connectivity index (χ4v) is 5.20. The molecule has 1 heterocycles. The molecule has 2 rings (SSSR count). The number of piperidine rings is 1. The highest BCUT2D eigenvalue weighted by Crippen LogP contribution is 2.36. The number of carbonyl (C=O) groups is 2. The zero-order chi connectivity index (χ0) is 17.3. The van der Waals surface area contributed by atoms with Crippen molar-refractivity contribution >= 4 is 21.7 Å². The maximum Gasteiger partial charge on any atom is 0.245 e. The number of rotatable bonds is 4. The highest BCUT2D eigenvalue weighted by atomic mass is 32.2. The van der Waals surface area contributed by atoms with Gasteiger partial charge in [0.25, 0.3) is 0 Å². The van der Waals surface area contributed by atoms with Crippen LogP contribution in [0.1, 0.15) is 58.8 Å². The van der Waals surface area contributed by atoms with E-state index in [9.17, 15) is 18.0 Å². The molecule has 0 radical (unpaired) electrons. The minimum absolute atomic E-state index is 0.118. The number of carbonyl (C=O) groups excluding carboxylic acids is 2. The van der Waals surface area contributed by atoms with E-state index in [1.807, 2.05) is 6.92 Å². The van der Waals surface area contributed by atoms with Gasteiger partial charge in [-0.05, 0) is 46.0 Å². The summed E-state index contributed by atoms with van der Waals surface area (Å²) in [6, 6.07) is -0.520. The van der Waals surface area contributed by atoms with Gasteiger partial charge >= 0.3 is 0 Å². The summed E-state index contributed by atoms with van der Waals surface area (Å²) < 4.78 is 22.9. The van der Waals surface area contributed by atoms with Crippen LogP contribution in [0.5, 0.6) is 0 Å². The first-order valence-electron chi connectivity index (χ1n) is 8.50. The molecule has 2 fully saturated rings. The van der Waals surface area contributed by atoms with E-state index >= 15 is 0 Å². The van der Waals surface area contributed by atoms with Crippen molar-refractivity contribution in [1.82, 2.24) is 10.2 Å². The van der Waals surface area contributed by atoms with E-state index in [0.717, 1.165) is 38.4 Å². The van der Waals surface area contributed by atoms with Crippen LogP contribution in [-0.2, 0) is 19.4 Å². The summed E-state index contributed by atoms with van der Waals surface area (Å²) in [5, 5.41) is 2.68. The van der Waals surface area contributed by atoms with Gasteiger partial charge < -0.3 is 10.2 Å². The molecular formula is C16H28N2O4S. The summed E-state index contributed by atoms with van der Waals surface area (Å²) in [5.41, 5.74) is 0. The number of likely N-dealkylation sites (tertiary alicyclic amines) is 1. The largest absolute Gasteiger partial charge is 0.343 e. The number of sulfone groups is 1. The Morgan fingerprint density at radius 2 is 1.78 bits per heavy atom. The van der Waals surface area contributed by atoms with Crippen LogP contribution in [0.2, 0.25) is 0 Å². The van der Waals surface area contributed by atoms with Crippen molar-refractivity contribution in [3.8, 4) is 0 Å². The van der Waals surface area contributed by atoms with Crippen LogP contribution in [0.15, 0.2) is 0 Å². The SMILES string of the molecule is C[C@@H]1CCCCN1C(=O)[C@@H](C)NC(=O)C1(S(C)(=O)=O)CCCC1. The van der Waals surface area contributed by atoms with Crippen LogP contribution in [0.25, 0.3) is 0 Å². The van der Waals surface area contributed by atoms with Gasteiger partial charge in [0.1, 0.15) is 10.8 Å². The standard InChI is InChI=1S/C16H28N2O4S/c1-12-8-4-7-11-18(12)14(19)13(2)17-15(20)16(23(3,21)22)9-5-6-10-16/h12-13H,4-11H2,1-3H3,(H,17,20)/t12-,13-/m1/s1. The van der Waals surface area contributed by atoms with Crippen molar-refractivity contribution in [3.05, 3.63) is 0 Å². The fourth-order valence-electron chi connectivity index (χ4n) is 3.78. The van der Waals surface area contributed by atoms with Crippen molar-refractivity contribution in [2.75, 3.05) is 12.8 Å². The third-order valence-corrected chi connectivity index (χ3v) is 7.35. The summed E-state index contributed by atoms with van der Waals surface area (Å²) in [7, 11) is -3.51. The van der Waals surface area contributed by atoms with Gasteiger partial charge in [0.05, 0.1) is 0 Å². The third-order valence-electron chi connectivity index (χ3n) is 5.34. The zero-order valence-corrected chi connectivity index (χ0v) is 15.1. The Kier molecular flexibility index (Phi) is 5.38. The minimum atomic E-state index is -3.51. The van der Waals surface area contributed by atoms with Gasteiger partial charge in [-0.15, -0.1) is 0 Å². The van der Waals surface area contributed by atoms with Crippen LogP contribution >= 0.6 is 0 Å². The molecular weight excluding hydrogens is 316 g/mol. The molecule has 1 N–H and O–H groups in total. The lowest BCUT2D eigenvalue weighted by Crippen LogP contribution is -2.57. The Balaban J connectivity index is 2.08. The lowest BCUT2D eigenvalue weighted by atomic mass is 10.0. The number of amides is 2. The van der Waals surface area contributed by atoms with Gasteiger partial charge in [-0.25, -0.2) is 8.42 Å². The number of nitrogens with zero attached hydrogens (tertiary/aromatic N) is 1. The Bertz CT molecular complexity index is 567. The fraction of sp³-hybridized carbons (Fsp3) is 0.875. The molecule has 1 saturated carbocycles. The number of nitrogens with one attached hydrogen (secondary N) is 1. The normalized spacial score (nSPS) is 25.9. The molecule has 0 spiro atoms. The topological polar surface area (TPSA) is 83.6 Å². The highest BCUT2D eigenvalue weighted by Gasteiger charge is 2.50. The smallest absolute Gasteiger partial charge is 0.245 e. The first kappa shape index (κ1) is 18.2. The van der Waals surface area contributed by atoms with E-state index in [2.05, 4.69) is 5.32 Å². The molecule has 2 amide bonds. The summed E-state index contributed by atoms with van der Waals surface area (Å²) in [5.74, 6) is -0.629. The number of hydrogen-bond donors (Lipinski definition) is 1. The van der Waals surface area contributed by atoms with Crippen molar-refractivity contribution in [2.24, 2.45) is 0 Å². The molecule has 0 aromatic rings. The van der Waals surface area contributed by atoms with E-state index in [1.54, 1.807) is 11.8 Å². The zero-order valence-electron chi connectivity index (χ0n) is 14.3. The molecule has 1 saturated heterocycles. The lowest BCUT2D eigenvalue weighted by molar-refractivity contribution is -0.139. The maximum atomic E-state index is 12.6. The third kappa shape index (κ3) is 3.54. The van der Waals surface area contributed by atoms with Crippen LogP contribution in [0, 0.1) is 0 Å². The molecule has 0 bridgehead atoms. The Labute approximate surface area is 138 Å². The van der Waals surface area contributed by atoms with Crippen LogP contribution in [-0.4, -0.2) is 54.8 Å². The van der Waals surface area contributed by atoms with Crippen molar-refractivity contribution < 1.29 is 18.0 Å². The maximum absolute atomic E-state index is 12.6. The molecule has 2 aliphatic rings. The molecule has 1 aliphatic heterocycles. The van der Waals surface area contributed by atoms with E-state index in [4.69, 9.17) is 0 Å². The van der Waals surface area contributed by atoms with Gasteiger partial charge in [0.15, 0.2) is 9.84 Å². The first-order valence-corrected chi connectivity index (χ1v) is 10.4. The molecule has 0 unspecified atom stereocenters. The summed E-state index contributed by atoms with van der Waals surface area (Å²) in [4.78, 5) is 27.0.